The van der Waals surface area contributed by atoms with Gasteiger partial charge in [0.25, 0.3) is 0 Å². The predicted molar refractivity (Wildman–Crippen MR) is 206 cm³/mol. The first-order valence-corrected chi connectivity index (χ1v) is 19.1. The van der Waals surface area contributed by atoms with Crippen LogP contribution in [-0.4, -0.2) is 45.0 Å². The molecule has 2 bridgehead atoms. The summed E-state index contributed by atoms with van der Waals surface area (Å²) in [5.41, 5.74) is 5.54. The number of hydrogen-bond donors (Lipinski definition) is 3. The summed E-state index contributed by atoms with van der Waals surface area (Å²) < 4.78 is 16.3. The number of H-pyrrole nitrogens is 1. The SMILES string of the molecule is C1NC2CC1C2.Cc1nc2c(F)c(-c3cccc(Cl)c3Cl)c(CCC#N)cc2c2[nH]c(C3CCCN3C(=O)C3CC3)cc12.N#Cc1cccc(CO)c1. The Hall–Kier alpha value is -4.51. The molecule has 3 saturated heterocycles. The minimum atomic E-state index is -0.484. The second-order valence-corrected chi connectivity index (χ2v) is 15.3. The maximum absolute atomic E-state index is 16.3. The Morgan fingerprint density at radius 3 is 2.53 bits per heavy atom. The van der Waals surface area contributed by atoms with Gasteiger partial charge in [0.05, 0.1) is 45.9 Å². The molecule has 5 fully saturated rings. The molecule has 0 spiro atoms. The maximum Gasteiger partial charge on any atom is 0.226 e. The quantitative estimate of drug-likeness (QED) is 0.159. The molecule has 5 aromatic rings. The van der Waals surface area contributed by atoms with Crippen LogP contribution in [0.25, 0.3) is 32.9 Å². The average molecular weight is 752 g/mol. The minimum Gasteiger partial charge on any atom is -0.392 e. The number of likely N-dealkylation sites (tertiary alicyclic amines) is 1. The molecule has 3 N–H and O–H groups in total. The Labute approximate surface area is 318 Å². The number of nitriles is 2. The molecule has 5 heterocycles. The molecule has 8 nitrogen and oxygen atoms in total. The molecular formula is C42H41Cl2FN6O2. The number of aliphatic hydroxyl groups excluding tert-OH is 1. The van der Waals surface area contributed by atoms with Crippen LogP contribution in [0.2, 0.25) is 10.0 Å². The molecule has 1 unspecified atom stereocenters. The number of aryl methyl sites for hydroxylation is 2. The monoisotopic (exact) mass is 750 g/mol. The first-order valence-electron chi connectivity index (χ1n) is 18.3. The van der Waals surface area contributed by atoms with Gasteiger partial charge in [0.2, 0.25) is 5.91 Å². The van der Waals surface area contributed by atoms with Gasteiger partial charge in [-0.1, -0.05) is 47.5 Å². The van der Waals surface area contributed by atoms with Crippen molar-refractivity contribution in [3.05, 3.63) is 98.5 Å². The number of pyridine rings is 1. The number of rotatable bonds is 6. The average Bonchev–Trinajstić information content (AvgIpc) is 3.55. The van der Waals surface area contributed by atoms with Crippen molar-refractivity contribution in [2.24, 2.45) is 11.8 Å². The Bertz CT molecular complexity index is 2250. The summed E-state index contributed by atoms with van der Waals surface area (Å²) in [6.07, 6.45) is 7.35. The Morgan fingerprint density at radius 1 is 1.08 bits per heavy atom. The van der Waals surface area contributed by atoms with E-state index in [0.29, 0.717) is 44.8 Å². The van der Waals surface area contributed by atoms with E-state index < -0.39 is 5.82 Å². The van der Waals surface area contributed by atoms with E-state index in [0.717, 1.165) is 66.3 Å². The van der Waals surface area contributed by atoms with Crippen LogP contribution in [-0.2, 0) is 17.8 Å². The van der Waals surface area contributed by atoms with Gasteiger partial charge < -0.3 is 20.3 Å². The van der Waals surface area contributed by atoms with Crippen LogP contribution < -0.4 is 5.32 Å². The van der Waals surface area contributed by atoms with E-state index >= 15 is 4.39 Å². The number of fused-ring (bicyclic) bond motifs is 4. The van der Waals surface area contributed by atoms with Gasteiger partial charge in [-0.15, -0.1) is 0 Å². The smallest absolute Gasteiger partial charge is 0.226 e. The van der Waals surface area contributed by atoms with Crippen LogP contribution in [0.1, 0.15) is 79.1 Å². The first kappa shape index (κ1) is 36.8. The van der Waals surface area contributed by atoms with Gasteiger partial charge in [-0.2, -0.15) is 10.5 Å². The molecule has 5 aliphatic rings. The number of nitrogens with one attached hydrogen (secondary N) is 2. The van der Waals surface area contributed by atoms with Crippen LogP contribution in [0.5, 0.6) is 0 Å². The van der Waals surface area contributed by atoms with Crippen LogP contribution in [0.4, 0.5) is 4.39 Å². The van der Waals surface area contributed by atoms with E-state index in [-0.39, 0.29) is 41.4 Å². The minimum absolute atomic E-state index is 0.00444. The normalized spacial score (nSPS) is 19.8. The number of aromatic amines is 1. The summed E-state index contributed by atoms with van der Waals surface area (Å²) in [6, 6.07) is 21.1. The van der Waals surface area contributed by atoms with E-state index in [9.17, 15) is 10.1 Å². The molecule has 2 aromatic heterocycles. The van der Waals surface area contributed by atoms with Gasteiger partial charge >= 0.3 is 0 Å². The molecular weight excluding hydrogens is 710 g/mol. The number of benzene rings is 3. The fourth-order valence-corrected chi connectivity index (χ4v) is 8.20. The zero-order valence-corrected chi connectivity index (χ0v) is 31.1. The third kappa shape index (κ3) is 7.63. The summed E-state index contributed by atoms with van der Waals surface area (Å²) in [7, 11) is 0. The van der Waals surface area contributed by atoms with Crippen molar-refractivity contribution < 1.29 is 14.3 Å². The molecule has 11 heteroatoms. The van der Waals surface area contributed by atoms with Gasteiger partial charge in [0.1, 0.15) is 5.52 Å². The van der Waals surface area contributed by atoms with E-state index in [4.69, 9.17) is 33.6 Å². The van der Waals surface area contributed by atoms with Crippen molar-refractivity contribution in [1.29, 1.82) is 10.5 Å². The second-order valence-electron chi connectivity index (χ2n) is 14.5. The fourth-order valence-electron chi connectivity index (χ4n) is 7.81. The maximum atomic E-state index is 16.3. The lowest BCUT2D eigenvalue weighted by atomic mass is 9.87. The third-order valence-corrected chi connectivity index (χ3v) is 11.6. The molecule has 3 aromatic carbocycles. The Morgan fingerprint density at radius 2 is 1.87 bits per heavy atom. The lowest BCUT2D eigenvalue weighted by molar-refractivity contribution is -0.133. The van der Waals surface area contributed by atoms with Gasteiger partial charge in [-0.25, -0.2) is 9.37 Å². The highest BCUT2D eigenvalue weighted by Gasteiger charge is 2.39. The highest BCUT2D eigenvalue weighted by atomic mass is 35.5. The van der Waals surface area contributed by atoms with Crippen molar-refractivity contribution in [1.82, 2.24) is 20.2 Å². The molecule has 2 aliphatic carbocycles. The second kappa shape index (κ2) is 15.8. The summed E-state index contributed by atoms with van der Waals surface area (Å²) >= 11 is 12.8. The zero-order valence-electron chi connectivity index (χ0n) is 29.6. The molecule has 2 saturated carbocycles. The molecule has 10 rings (SSSR count). The van der Waals surface area contributed by atoms with Crippen molar-refractivity contribution in [3.8, 4) is 23.3 Å². The number of aromatic nitrogens is 2. The number of amides is 1. The van der Waals surface area contributed by atoms with E-state index in [1.807, 2.05) is 24.0 Å². The number of halogens is 3. The van der Waals surface area contributed by atoms with Crippen molar-refractivity contribution in [2.45, 2.75) is 77.0 Å². The number of nitrogens with zero attached hydrogens (tertiary/aromatic N) is 4. The molecule has 1 amide bonds. The van der Waals surface area contributed by atoms with E-state index in [2.05, 4.69) is 27.4 Å². The van der Waals surface area contributed by atoms with Gasteiger partial charge in [-0.05, 0) is 106 Å². The fraction of sp³-hybridized carbons (Fsp3) is 0.381. The number of hydrogen-bond acceptors (Lipinski definition) is 6. The summed E-state index contributed by atoms with van der Waals surface area (Å²) in [5.74, 6) is 1.01. The largest absolute Gasteiger partial charge is 0.392 e. The van der Waals surface area contributed by atoms with Gasteiger partial charge in [-0.3, -0.25) is 4.79 Å². The molecule has 272 valence electrons. The molecule has 0 radical (unpaired) electrons. The van der Waals surface area contributed by atoms with Crippen LogP contribution >= 0.6 is 23.2 Å². The van der Waals surface area contributed by atoms with Crippen molar-refractivity contribution in [2.75, 3.05) is 13.1 Å². The first-order chi connectivity index (χ1) is 25.7. The van der Waals surface area contributed by atoms with Crippen molar-refractivity contribution in [3.63, 3.8) is 0 Å². The predicted octanol–water partition coefficient (Wildman–Crippen LogP) is 9.09. The van der Waals surface area contributed by atoms with Crippen LogP contribution in [0.15, 0.2) is 54.6 Å². The highest BCUT2D eigenvalue weighted by molar-refractivity contribution is 6.43. The molecule has 53 heavy (non-hydrogen) atoms. The standard InChI is InChI=1S/C29H25Cl2FN4O.C8H7NO.C5H9N/c1-15-19-14-22(23-8-4-12-36(23)29(37)16-9-10-16)35-27(19)20-13-17(5-3-11-33)24(26(32)28(20)34-15)18-6-2-7-21(30)25(18)31;9-5-7-2-1-3-8(4-7)6-10;1-4-2-5(1)6-3-4/h2,6-7,13-14,16,23,35H,3-5,8-10,12H2,1H3;1-4,10H,6H2;4-6H,1-3H2. The Kier molecular flexibility index (Phi) is 11.0. The van der Waals surface area contributed by atoms with Crippen LogP contribution in [0, 0.1) is 47.2 Å². The number of carbonyl (C=O) groups excluding carboxylic acids is 1. The summed E-state index contributed by atoms with van der Waals surface area (Å²) in [4.78, 5) is 23.1. The number of carbonyl (C=O) groups is 1. The summed E-state index contributed by atoms with van der Waals surface area (Å²) in [6.45, 7) is 3.94. The zero-order chi connectivity index (χ0) is 37.2. The highest BCUT2D eigenvalue weighted by Crippen LogP contribution is 2.43. The topological polar surface area (TPSA) is 129 Å². The van der Waals surface area contributed by atoms with Gasteiger partial charge in [0, 0.05) is 58.2 Å². The molecule has 1 atom stereocenters. The Balaban J connectivity index is 0.000000222. The summed E-state index contributed by atoms with van der Waals surface area (Å²) in [5, 5.41) is 31.9. The lowest BCUT2D eigenvalue weighted by Gasteiger charge is -2.24. The van der Waals surface area contributed by atoms with E-state index in [1.165, 1.54) is 19.4 Å². The lowest BCUT2D eigenvalue weighted by Crippen LogP contribution is -2.31. The van der Waals surface area contributed by atoms with E-state index in [1.54, 1.807) is 42.5 Å². The van der Waals surface area contributed by atoms with Crippen molar-refractivity contribution >= 4 is 50.9 Å². The molecule has 3 aliphatic heterocycles. The van der Waals surface area contributed by atoms with Crippen LogP contribution in [0.3, 0.4) is 0 Å². The number of aliphatic hydroxyl groups is 1. The van der Waals surface area contributed by atoms with Gasteiger partial charge in [0.15, 0.2) is 5.82 Å². The third-order valence-electron chi connectivity index (χ3n) is 10.8.